The first-order chi connectivity index (χ1) is 12.8. The number of hydrogen-bond acceptors (Lipinski definition) is 4. The summed E-state index contributed by atoms with van der Waals surface area (Å²) in [6, 6.07) is 13.2. The van der Waals surface area contributed by atoms with Crippen molar-refractivity contribution in [2.24, 2.45) is 4.99 Å². The molecule has 27 heavy (non-hydrogen) atoms. The highest BCUT2D eigenvalue weighted by Crippen LogP contribution is 2.29. The highest BCUT2D eigenvalue weighted by Gasteiger charge is 2.34. The number of nitrogens with one attached hydrogen (secondary N) is 1. The van der Waals surface area contributed by atoms with E-state index in [0.717, 1.165) is 15.7 Å². The van der Waals surface area contributed by atoms with Crippen molar-refractivity contribution >= 4 is 56.0 Å². The van der Waals surface area contributed by atoms with Gasteiger partial charge in [-0.05, 0) is 61.4 Å². The summed E-state index contributed by atoms with van der Waals surface area (Å²) in [4.78, 5) is 31.1. The Morgan fingerprint density at radius 3 is 2.56 bits per heavy atom. The van der Waals surface area contributed by atoms with Gasteiger partial charge in [-0.25, -0.2) is 4.99 Å². The van der Waals surface area contributed by atoms with E-state index in [1.807, 2.05) is 56.3 Å². The first-order valence-electron chi connectivity index (χ1n) is 8.49. The number of halogens is 1. The topological polar surface area (TPSA) is 61.8 Å². The summed E-state index contributed by atoms with van der Waals surface area (Å²) < 4.78 is 0.937. The molecule has 0 aromatic heterocycles. The molecule has 0 spiro atoms. The van der Waals surface area contributed by atoms with Crippen LogP contribution in [0.25, 0.3) is 0 Å². The van der Waals surface area contributed by atoms with Crippen LogP contribution in [0.1, 0.15) is 17.5 Å². The van der Waals surface area contributed by atoms with Crippen LogP contribution in [-0.2, 0) is 9.59 Å². The zero-order chi connectivity index (χ0) is 19.6. The van der Waals surface area contributed by atoms with Crippen LogP contribution in [0.5, 0.6) is 0 Å². The maximum Gasteiger partial charge on any atom is 0.238 e. The molecule has 5 nitrogen and oxygen atoms in total. The maximum atomic E-state index is 12.6. The molecule has 1 aliphatic heterocycles. The van der Waals surface area contributed by atoms with Crippen molar-refractivity contribution in [2.45, 2.75) is 25.5 Å². The van der Waals surface area contributed by atoms with Crippen molar-refractivity contribution in [1.82, 2.24) is 4.90 Å². The molecule has 0 radical (unpaired) electrons. The molecule has 2 aromatic carbocycles. The number of amides is 2. The minimum atomic E-state index is -0.511. The number of amidine groups is 1. The van der Waals surface area contributed by atoms with E-state index in [-0.39, 0.29) is 18.2 Å². The predicted octanol–water partition coefficient (Wildman–Crippen LogP) is 4.66. The second kappa shape index (κ2) is 8.27. The summed E-state index contributed by atoms with van der Waals surface area (Å²) in [7, 11) is 1.69. The lowest BCUT2D eigenvalue weighted by Gasteiger charge is -2.28. The number of aliphatic imine (C=N–C) groups is 1. The van der Waals surface area contributed by atoms with Gasteiger partial charge in [0.05, 0.1) is 5.69 Å². The number of nitrogens with zero attached hydrogens (tertiary/aromatic N) is 2. The lowest BCUT2D eigenvalue weighted by Crippen LogP contribution is -2.43. The number of anilines is 1. The molecule has 1 heterocycles. The number of carbonyl (C=O) groups is 2. The Bertz CT molecular complexity index is 912. The summed E-state index contributed by atoms with van der Waals surface area (Å²) >= 11 is 4.68. The van der Waals surface area contributed by atoms with Gasteiger partial charge in [0.2, 0.25) is 11.8 Å². The molecule has 1 saturated heterocycles. The molecule has 0 bridgehead atoms. The van der Waals surface area contributed by atoms with Crippen LogP contribution >= 0.6 is 27.7 Å². The second-order valence-corrected chi connectivity index (χ2v) is 8.51. The number of aryl methyl sites for hydroxylation is 2. The predicted molar refractivity (Wildman–Crippen MR) is 115 cm³/mol. The number of rotatable bonds is 3. The van der Waals surface area contributed by atoms with E-state index in [2.05, 4.69) is 26.2 Å². The van der Waals surface area contributed by atoms with Crippen LogP contribution in [0.2, 0.25) is 0 Å². The summed E-state index contributed by atoms with van der Waals surface area (Å²) in [5, 5.41) is 2.89. The Kier molecular flexibility index (Phi) is 6.01. The molecular weight excluding hydrogens is 426 g/mol. The van der Waals surface area contributed by atoms with E-state index in [4.69, 9.17) is 0 Å². The van der Waals surface area contributed by atoms with Gasteiger partial charge in [0.25, 0.3) is 0 Å². The summed E-state index contributed by atoms with van der Waals surface area (Å²) in [5.74, 6) is -0.316. The van der Waals surface area contributed by atoms with E-state index >= 15 is 0 Å². The highest BCUT2D eigenvalue weighted by atomic mass is 79.9. The Morgan fingerprint density at radius 2 is 1.89 bits per heavy atom. The summed E-state index contributed by atoms with van der Waals surface area (Å²) in [6.45, 7) is 4.07. The number of carbonyl (C=O) groups excluding carboxylic acids is 2. The van der Waals surface area contributed by atoms with Gasteiger partial charge in [0.15, 0.2) is 5.17 Å². The number of benzene rings is 2. The Labute approximate surface area is 171 Å². The molecule has 0 aliphatic carbocycles. The van der Waals surface area contributed by atoms with Gasteiger partial charge in [0.1, 0.15) is 5.25 Å². The monoisotopic (exact) mass is 445 g/mol. The van der Waals surface area contributed by atoms with Crippen molar-refractivity contribution in [1.29, 1.82) is 0 Å². The van der Waals surface area contributed by atoms with Crippen molar-refractivity contribution in [2.75, 3.05) is 12.4 Å². The molecule has 1 fully saturated rings. The molecule has 1 aliphatic rings. The van der Waals surface area contributed by atoms with E-state index in [0.29, 0.717) is 10.9 Å². The van der Waals surface area contributed by atoms with Crippen molar-refractivity contribution in [3.05, 3.63) is 58.1 Å². The van der Waals surface area contributed by atoms with Crippen LogP contribution in [-0.4, -0.2) is 34.2 Å². The fraction of sp³-hybridized carbons (Fsp3) is 0.250. The van der Waals surface area contributed by atoms with Gasteiger partial charge < -0.3 is 5.32 Å². The molecule has 2 amide bonds. The van der Waals surface area contributed by atoms with Crippen LogP contribution in [0.4, 0.5) is 11.4 Å². The maximum absolute atomic E-state index is 12.6. The smallest absolute Gasteiger partial charge is 0.238 e. The van der Waals surface area contributed by atoms with Gasteiger partial charge in [-0.2, -0.15) is 0 Å². The van der Waals surface area contributed by atoms with Gasteiger partial charge in [0, 0.05) is 23.6 Å². The average Bonchev–Trinajstić information content (AvgIpc) is 2.63. The zero-order valence-electron chi connectivity index (χ0n) is 15.3. The molecular formula is C20H20BrN3O2S. The van der Waals surface area contributed by atoms with Crippen molar-refractivity contribution in [3.63, 3.8) is 0 Å². The molecule has 1 unspecified atom stereocenters. The SMILES string of the molecule is Cc1ccc(N=C2SC(C(=O)Nc3ccc(Br)cc3)CC(=O)N2C)cc1C. The molecule has 7 heteroatoms. The van der Waals surface area contributed by atoms with E-state index in [1.54, 1.807) is 7.05 Å². The van der Waals surface area contributed by atoms with E-state index < -0.39 is 5.25 Å². The van der Waals surface area contributed by atoms with Gasteiger partial charge in [-0.3, -0.25) is 14.5 Å². The number of thioether (sulfide) groups is 1. The van der Waals surface area contributed by atoms with Crippen LogP contribution < -0.4 is 5.32 Å². The standard InChI is InChI=1S/C20H20BrN3O2S/c1-12-4-7-16(10-13(12)2)23-20-24(3)18(25)11-17(27-20)19(26)22-15-8-5-14(21)6-9-15/h4-10,17H,11H2,1-3H3,(H,22,26). The van der Waals surface area contributed by atoms with E-state index in [9.17, 15) is 9.59 Å². The second-order valence-electron chi connectivity index (χ2n) is 6.42. The summed E-state index contributed by atoms with van der Waals surface area (Å²) in [5.41, 5.74) is 3.79. The van der Waals surface area contributed by atoms with Crippen molar-refractivity contribution < 1.29 is 9.59 Å². The van der Waals surface area contributed by atoms with Crippen LogP contribution in [0.15, 0.2) is 51.9 Å². The zero-order valence-corrected chi connectivity index (χ0v) is 17.7. The molecule has 1 N–H and O–H groups in total. The minimum absolute atomic E-state index is 0.118. The molecule has 0 saturated carbocycles. The highest BCUT2D eigenvalue weighted by molar-refractivity contribution is 9.10. The first kappa shape index (κ1) is 19.6. The van der Waals surface area contributed by atoms with Gasteiger partial charge in [-0.15, -0.1) is 0 Å². The third-order valence-corrected chi connectivity index (χ3v) is 6.16. The third kappa shape index (κ3) is 4.78. The fourth-order valence-electron chi connectivity index (χ4n) is 2.56. The van der Waals surface area contributed by atoms with E-state index in [1.165, 1.54) is 22.2 Å². The van der Waals surface area contributed by atoms with Crippen molar-refractivity contribution in [3.8, 4) is 0 Å². The molecule has 1 atom stereocenters. The molecule has 3 rings (SSSR count). The van der Waals surface area contributed by atoms with Crippen LogP contribution in [0, 0.1) is 13.8 Å². The fourth-order valence-corrected chi connectivity index (χ4v) is 3.89. The normalized spacial score (nSPS) is 18.7. The third-order valence-electron chi connectivity index (χ3n) is 4.39. The summed E-state index contributed by atoms with van der Waals surface area (Å²) in [6.07, 6.45) is 0.148. The molecule has 140 valence electrons. The Balaban J connectivity index is 1.78. The minimum Gasteiger partial charge on any atom is -0.325 e. The van der Waals surface area contributed by atoms with Gasteiger partial charge >= 0.3 is 0 Å². The average molecular weight is 446 g/mol. The molecule has 2 aromatic rings. The lowest BCUT2D eigenvalue weighted by atomic mass is 10.1. The first-order valence-corrected chi connectivity index (χ1v) is 10.2. The Hall–Kier alpha value is -2.12. The van der Waals surface area contributed by atoms with Crippen LogP contribution in [0.3, 0.4) is 0 Å². The van der Waals surface area contributed by atoms with Gasteiger partial charge in [-0.1, -0.05) is 33.8 Å². The lowest BCUT2D eigenvalue weighted by molar-refractivity contribution is -0.128. The largest absolute Gasteiger partial charge is 0.325 e. The Morgan fingerprint density at radius 1 is 1.19 bits per heavy atom. The number of hydrogen-bond donors (Lipinski definition) is 1. The quantitative estimate of drug-likeness (QED) is 0.747.